The van der Waals surface area contributed by atoms with Crippen LogP contribution in [-0.4, -0.2) is 16.4 Å². The van der Waals surface area contributed by atoms with Gasteiger partial charge in [-0.15, -0.1) is 0 Å². The molecule has 1 heterocycles. The van der Waals surface area contributed by atoms with Gasteiger partial charge in [-0.2, -0.15) is 18.3 Å². The molecule has 0 aliphatic rings. The minimum Gasteiger partial charge on any atom is -0.304 e. The first kappa shape index (κ1) is 11.0. The number of aromatic nitrogens is 2. The summed E-state index contributed by atoms with van der Waals surface area (Å²) in [5, 5.41) is 3.33. The lowest BCUT2D eigenvalue weighted by Crippen LogP contribution is -2.11. The summed E-state index contributed by atoms with van der Waals surface area (Å²) in [7, 11) is 1.43. The first-order valence-corrected chi connectivity index (χ1v) is 3.86. The summed E-state index contributed by atoms with van der Waals surface area (Å²) < 4.78 is 38.1. The van der Waals surface area contributed by atoms with Crippen molar-refractivity contribution >= 4 is 0 Å². The van der Waals surface area contributed by atoms with Crippen LogP contribution in [0.5, 0.6) is 0 Å². The van der Waals surface area contributed by atoms with Crippen LogP contribution in [0.3, 0.4) is 0 Å². The number of nitrogens with two attached hydrogens (primary N) is 1. The van der Waals surface area contributed by atoms with Crippen LogP contribution >= 0.6 is 0 Å². The van der Waals surface area contributed by atoms with Crippen molar-refractivity contribution in [3.8, 4) is 0 Å². The van der Waals surface area contributed by atoms with E-state index in [1.165, 1.54) is 13.2 Å². The third kappa shape index (κ3) is 2.46. The van der Waals surface area contributed by atoms with Crippen LogP contribution in [0, 0.1) is 0 Å². The summed E-state index contributed by atoms with van der Waals surface area (Å²) in [4.78, 5) is 4.22. The Balaban J connectivity index is 2.91. The lowest BCUT2D eigenvalue weighted by Gasteiger charge is -2.04. The molecule has 0 radical (unpaired) electrons. The average Bonchev–Trinajstić information content (AvgIpc) is 2.42. The Morgan fingerprint density at radius 3 is 2.71 bits per heavy atom. The summed E-state index contributed by atoms with van der Waals surface area (Å²) in [6.45, 7) is 0.0365. The number of rotatable bonds is 3. The molecule has 1 aromatic rings. The van der Waals surface area contributed by atoms with Crippen molar-refractivity contribution in [3.63, 3.8) is 0 Å². The topological polar surface area (TPSA) is 53.1 Å². The zero-order valence-corrected chi connectivity index (χ0v) is 7.51. The van der Waals surface area contributed by atoms with Gasteiger partial charge >= 0.3 is 6.18 Å². The predicted molar refractivity (Wildman–Crippen MR) is 42.1 cm³/mol. The smallest absolute Gasteiger partial charge is 0.304 e. The molecule has 1 aromatic heterocycles. The van der Waals surface area contributed by atoms with E-state index in [0.29, 0.717) is 0 Å². The van der Waals surface area contributed by atoms with Crippen LogP contribution in [0.4, 0.5) is 13.2 Å². The molecule has 2 N–H and O–H groups in total. The number of alkyl halides is 3. The van der Waals surface area contributed by atoms with Crippen molar-refractivity contribution in [1.29, 1.82) is 0 Å². The van der Waals surface area contributed by atoms with Gasteiger partial charge in [-0.3, -0.25) is 4.68 Å². The molecule has 80 valence electrons. The first-order chi connectivity index (χ1) is 6.45. The second-order valence-corrected chi connectivity index (χ2v) is 2.80. The van der Waals surface area contributed by atoms with Crippen LogP contribution in [0.25, 0.3) is 0 Å². The molecule has 1 rings (SSSR count). The van der Waals surface area contributed by atoms with E-state index in [4.69, 9.17) is 5.90 Å². The van der Waals surface area contributed by atoms with Crippen LogP contribution in [-0.2, 0) is 24.5 Å². The van der Waals surface area contributed by atoms with Gasteiger partial charge in [0.2, 0.25) is 0 Å². The highest BCUT2D eigenvalue weighted by molar-refractivity contribution is 5.20. The van der Waals surface area contributed by atoms with Crippen LogP contribution < -0.4 is 5.90 Å². The van der Waals surface area contributed by atoms with E-state index in [0.717, 1.165) is 4.68 Å². The fourth-order valence-corrected chi connectivity index (χ4v) is 1.13. The van der Waals surface area contributed by atoms with Crippen molar-refractivity contribution in [1.82, 2.24) is 9.78 Å². The summed E-state index contributed by atoms with van der Waals surface area (Å²) in [5.41, 5.74) is -0.789. The first-order valence-electron chi connectivity index (χ1n) is 3.86. The maximum absolute atomic E-state index is 12.3. The molecule has 0 saturated heterocycles. The van der Waals surface area contributed by atoms with Gasteiger partial charge in [-0.1, -0.05) is 0 Å². The number of hydrogen-bond acceptors (Lipinski definition) is 3. The van der Waals surface area contributed by atoms with Crippen molar-refractivity contribution in [2.75, 3.05) is 6.61 Å². The molecule has 0 unspecified atom stereocenters. The van der Waals surface area contributed by atoms with Gasteiger partial charge in [0.25, 0.3) is 0 Å². The fourth-order valence-electron chi connectivity index (χ4n) is 1.13. The molecule has 0 aromatic carbocycles. The van der Waals surface area contributed by atoms with Gasteiger partial charge in [0.1, 0.15) is 0 Å². The quantitative estimate of drug-likeness (QED) is 0.751. The molecule has 0 aliphatic carbocycles. The molecule has 0 aliphatic heterocycles. The van der Waals surface area contributed by atoms with Crippen LogP contribution in [0.2, 0.25) is 0 Å². The minimum absolute atomic E-state index is 0.0365. The van der Waals surface area contributed by atoms with Gasteiger partial charge < -0.3 is 4.84 Å². The second-order valence-electron chi connectivity index (χ2n) is 2.80. The molecule has 7 heteroatoms. The lowest BCUT2D eigenvalue weighted by molar-refractivity contribution is -0.142. The molecule has 0 bridgehead atoms. The van der Waals surface area contributed by atoms with E-state index in [1.807, 2.05) is 0 Å². The lowest BCUT2D eigenvalue weighted by atomic mass is 10.2. The van der Waals surface area contributed by atoms with Crippen LogP contribution in [0.1, 0.15) is 11.3 Å². The molecule has 0 atom stereocenters. The van der Waals surface area contributed by atoms with Crippen LogP contribution in [0.15, 0.2) is 6.20 Å². The van der Waals surface area contributed by atoms with Gasteiger partial charge in [0.05, 0.1) is 6.61 Å². The zero-order chi connectivity index (χ0) is 10.8. The summed E-state index contributed by atoms with van der Waals surface area (Å²) in [6.07, 6.45) is -3.02. The van der Waals surface area contributed by atoms with Gasteiger partial charge in [0.15, 0.2) is 5.69 Å². The molecule has 0 spiro atoms. The Hall–Kier alpha value is -1.08. The number of aryl methyl sites for hydroxylation is 1. The average molecular weight is 209 g/mol. The highest BCUT2D eigenvalue weighted by atomic mass is 19.4. The van der Waals surface area contributed by atoms with E-state index in [2.05, 4.69) is 9.94 Å². The third-order valence-corrected chi connectivity index (χ3v) is 1.66. The van der Waals surface area contributed by atoms with E-state index >= 15 is 0 Å². The third-order valence-electron chi connectivity index (χ3n) is 1.66. The van der Waals surface area contributed by atoms with Crippen molar-refractivity contribution < 1.29 is 18.0 Å². The van der Waals surface area contributed by atoms with Crippen molar-refractivity contribution in [3.05, 3.63) is 17.5 Å². The Morgan fingerprint density at radius 1 is 1.57 bits per heavy atom. The minimum atomic E-state index is -4.43. The van der Waals surface area contributed by atoms with E-state index in [9.17, 15) is 13.2 Å². The van der Waals surface area contributed by atoms with Crippen molar-refractivity contribution in [2.45, 2.75) is 12.6 Å². The number of nitrogens with zero attached hydrogens (tertiary/aromatic N) is 2. The molecule has 4 nitrogen and oxygen atoms in total. The molecule has 0 amide bonds. The zero-order valence-electron chi connectivity index (χ0n) is 7.51. The highest BCUT2D eigenvalue weighted by Gasteiger charge is 2.36. The Labute approximate surface area is 78.4 Å². The standard InChI is InChI=1S/C7H10F3N3O/c1-13-4-5(2-3-14-11)6(12-13)7(8,9)10/h4H,2-3,11H2,1H3. The van der Waals surface area contributed by atoms with Gasteiger partial charge in [0, 0.05) is 25.2 Å². The molecule has 0 saturated carbocycles. The monoisotopic (exact) mass is 209 g/mol. The molecule has 0 fully saturated rings. The molecule has 14 heavy (non-hydrogen) atoms. The van der Waals surface area contributed by atoms with Crippen molar-refractivity contribution in [2.24, 2.45) is 12.9 Å². The number of hydrogen-bond donors (Lipinski definition) is 1. The molecular weight excluding hydrogens is 199 g/mol. The second kappa shape index (κ2) is 3.97. The summed E-state index contributed by atoms with van der Waals surface area (Å²) in [6, 6.07) is 0. The normalized spacial score (nSPS) is 12.1. The Kier molecular flexibility index (Phi) is 3.12. The van der Waals surface area contributed by atoms with Gasteiger partial charge in [-0.25, -0.2) is 5.90 Å². The van der Waals surface area contributed by atoms with E-state index in [-0.39, 0.29) is 18.6 Å². The molecular formula is C7H10F3N3O. The fraction of sp³-hybridized carbons (Fsp3) is 0.571. The van der Waals surface area contributed by atoms with E-state index in [1.54, 1.807) is 0 Å². The maximum Gasteiger partial charge on any atom is 0.435 e. The van der Waals surface area contributed by atoms with E-state index < -0.39 is 11.9 Å². The largest absolute Gasteiger partial charge is 0.435 e. The SMILES string of the molecule is Cn1cc(CCON)c(C(F)(F)F)n1. The Bertz CT molecular complexity index is 308. The highest BCUT2D eigenvalue weighted by Crippen LogP contribution is 2.30. The summed E-state index contributed by atoms with van der Waals surface area (Å²) in [5.74, 6) is 4.73. The summed E-state index contributed by atoms with van der Waals surface area (Å²) >= 11 is 0. The van der Waals surface area contributed by atoms with Gasteiger partial charge in [-0.05, 0) is 0 Å². The number of halogens is 3. The predicted octanol–water partition coefficient (Wildman–Crippen LogP) is 0.872. The maximum atomic E-state index is 12.3. The Morgan fingerprint density at radius 2 is 2.21 bits per heavy atom.